The van der Waals surface area contributed by atoms with E-state index in [1.807, 2.05) is 6.92 Å². The van der Waals surface area contributed by atoms with E-state index in [2.05, 4.69) is 5.32 Å². The van der Waals surface area contributed by atoms with Crippen molar-refractivity contribution in [2.45, 2.75) is 38.8 Å². The van der Waals surface area contributed by atoms with Crippen molar-refractivity contribution in [2.75, 3.05) is 13.2 Å². The third-order valence-corrected chi connectivity index (χ3v) is 2.57. The maximum atomic E-state index is 11.7. The van der Waals surface area contributed by atoms with Crippen LogP contribution in [0.25, 0.3) is 0 Å². The highest BCUT2D eigenvalue weighted by Gasteiger charge is 2.33. The SMILES string of the molecule is CC1OCCC1C(=O)NC(C)(C)CO. The zero-order valence-electron chi connectivity index (χ0n) is 9.04. The molecule has 0 spiro atoms. The Morgan fingerprint density at radius 2 is 2.29 bits per heavy atom. The van der Waals surface area contributed by atoms with Crippen LogP contribution in [0.15, 0.2) is 0 Å². The van der Waals surface area contributed by atoms with Gasteiger partial charge in [0.25, 0.3) is 0 Å². The fourth-order valence-electron chi connectivity index (χ4n) is 1.54. The lowest BCUT2D eigenvalue weighted by atomic mass is 9.99. The van der Waals surface area contributed by atoms with Gasteiger partial charge < -0.3 is 15.2 Å². The lowest BCUT2D eigenvalue weighted by Gasteiger charge is -2.26. The molecule has 0 bridgehead atoms. The molecule has 0 aromatic heterocycles. The highest BCUT2D eigenvalue weighted by molar-refractivity contribution is 5.80. The van der Waals surface area contributed by atoms with Gasteiger partial charge in [0.1, 0.15) is 0 Å². The molecule has 2 unspecified atom stereocenters. The normalized spacial score (nSPS) is 27.7. The third kappa shape index (κ3) is 2.69. The molecular formula is C10H19NO3. The van der Waals surface area contributed by atoms with Gasteiger partial charge in [0.15, 0.2) is 0 Å². The number of aliphatic hydroxyl groups is 1. The third-order valence-electron chi connectivity index (χ3n) is 2.57. The Morgan fingerprint density at radius 3 is 2.71 bits per heavy atom. The largest absolute Gasteiger partial charge is 0.394 e. The Bertz CT molecular complexity index is 215. The summed E-state index contributed by atoms with van der Waals surface area (Å²) in [7, 11) is 0. The van der Waals surface area contributed by atoms with E-state index in [1.54, 1.807) is 13.8 Å². The first-order valence-electron chi connectivity index (χ1n) is 5.01. The van der Waals surface area contributed by atoms with Crippen LogP contribution < -0.4 is 5.32 Å². The number of aliphatic hydroxyl groups excluding tert-OH is 1. The second kappa shape index (κ2) is 4.28. The standard InChI is InChI=1S/C10H19NO3/c1-7-8(4-5-14-7)9(13)11-10(2,3)6-12/h7-8,12H,4-6H2,1-3H3,(H,11,13). The molecule has 1 heterocycles. The minimum absolute atomic E-state index is 0.00973. The maximum absolute atomic E-state index is 11.7. The zero-order chi connectivity index (χ0) is 10.8. The number of carbonyl (C=O) groups is 1. The lowest BCUT2D eigenvalue weighted by Crippen LogP contribution is -2.49. The number of ether oxygens (including phenoxy) is 1. The summed E-state index contributed by atoms with van der Waals surface area (Å²) in [4.78, 5) is 11.7. The topological polar surface area (TPSA) is 58.6 Å². The Hall–Kier alpha value is -0.610. The molecule has 4 heteroatoms. The second-order valence-corrected chi connectivity index (χ2v) is 4.50. The predicted octanol–water partition coefficient (Wildman–Crippen LogP) is 0.299. The first kappa shape index (κ1) is 11.5. The van der Waals surface area contributed by atoms with Crippen LogP contribution in [0.3, 0.4) is 0 Å². The van der Waals surface area contributed by atoms with E-state index < -0.39 is 5.54 Å². The smallest absolute Gasteiger partial charge is 0.226 e. The van der Waals surface area contributed by atoms with Gasteiger partial charge in [0.05, 0.1) is 24.2 Å². The molecule has 0 radical (unpaired) electrons. The highest BCUT2D eigenvalue weighted by atomic mass is 16.5. The fraction of sp³-hybridized carbons (Fsp3) is 0.900. The summed E-state index contributed by atoms with van der Waals surface area (Å²) < 4.78 is 5.31. The average Bonchev–Trinajstić information content (AvgIpc) is 2.51. The molecule has 0 aromatic carbocycles. The zero-order valence-corrected chi connectivity index (χ0v) is 9.04. The Morgan fingerprint density at radius 1 is 1.64 bits per heavy atom. The number of carbonyl (C=O) groups excluding carboxylic acids is 1. The van der Waals surface area contributed by atoms with E-state index in [4.69, 9.17) is 9.84 Å². The molecule has 1 aliphatic heterocycles. The van der Waals surface area contributed by atoms with E-state index in [-0.39, 0.29) is 24.5 Å². The van der Waals surface area contributed by atoms with Gasteiger partial charge in [0.2, 0.25) is 5.91 Å². The number of hydrogen-bond donors (Lipinski definition) is 2. The molecule has 1 saturated heterocycles. The summed E-state index contributed by atoms with van der Waals surface area (Å²) in [6, 6.07) is 0. The average molecular weight is 201 g/mol. The van der Waals surface area contributed by atoms with Crippen molar-refractivity contribution in [3.63, 3.8) is 0 Å². The number of hydrogen-bond acceptors (Lipinski definition) is 3. The Kier molecular flexibility index (Phi) is 3.50. The van der Waals surface area contributed by atoms with E-state index in [0.29, 0.717) is 6.61 Å². The van der Waals surface area contributed by atoms with Crippen LogP contribution >= 0.6 is 0 Å². The highest BCUT2D eigenvalue weighted by Crippen LogP contribution is 2.21. The summed E-state index contributed by atoms with van der Waals surface area (Å²) in [5, 5.41) is 11.8. The lowest BCUT2D eigenvalue weighted by molar-refractivity contribution is -0.128. The molecule has 2 atom stereocenters. The van der Waals surface area contributed by atoms with Crippen molar-refractivity contribution in [1.29, 1.82) is 0 Å². The Balaban J connectivity index is 2.49. The van der Waals surface area contributed by atoms with Crippen LogP contribution in [0.2, 0.25) is 0 Å². The summed E-state index contributed by atoms with van der Waals surface area (Å²) in [5.41, 5.74) is -0.542. The maximum Gasteiger partial charge on any atom is 0.226 e. The van der Waals surface area contributed by atoms with Crippen LogP contribution in [0.4, 0.5) is 0 Å². The summed E-state index contributed by atoms with van der Waals surface area (Å²) in [5.74, 6) is -0.0881. The van der Waals surface area contributed by atoms with Crippen LogP contribution in [-0.4, -0.2) is 35.9 Å². The van der Waals surface area contributed by atoms with Crippen molar-refractivity contribution in [2.24, 2.45) is 5.92 Å². The Labute approximate surface area is 84.6 Å². The molecule has 1 rings (SSSR count). The van der Waals surface area contributed by atoms with Crippen molar-refractivity contribution in [3.05, 3.63) is 0 Å². The summed E-state index contributed by atoms with van der Waals surface area (Å²) in [6.07, 6.45) is 0.763. The molecule has 1 amide bonds. The molecule has 4 nitrogen and oxygen atoms in total. The predicted molar refractivity (Wildman–Crippen MR) is 52.8 cm³/mol. The minimum atomic E-state index is -0.542. The van der Waals surface area contributed by atoms with Gasteiger partial charge in [-0.2, -0.15) is 0 Å². The first-order valence-corrected chi connectivity index (χ1v) is 5.01. The first-order chi connectivity index (χ1) is 6.46. The van der Waals surface area contributed by atoms with E-state index in [1.165, 1.54) is 0 Å². The quantitative estimate of drug-likeness (QED) is 0.690. The van der Waals surface area contributed by atoms with Crippen LogP contribution in [0.1, 0.15) is 27.2 Å². The molecule has 0 saturated carbocycles. The number of amides is 1. The molecule has 14 heavy (non-hydrogen) atoms. The van der Waals surface area contributed by atoms with E-state index >= 15 is 0 Å². The molecule has 0 aromatic rings. The molecule has 1 fully saturated rings. The van der Waals surface area contributed by atoms with Crippen molar-refractivity contribution >= 4 is 5.91 Å². The van der Waals surface area contributed by atoms with Crippen molar-refractivity contribution in [1.82, 2.24) is 5.32 Å². The van der Waals surface area contributed by atoms with Gasteiger partial charge >= 0.3 is 0 Å². The summed E-state index contributed by atoms with van der Waals surface area (Å²) in [6.45, 7) is 6.10. The number of nitrogens with one attached hydrogen (secondary N) is 1. The molecule has 2 N–H and O–H groups in total. The number of rotatable bonds is 3. The van der Waals surface area contributed by atoms with E-state index in [0.717, 1.165) is 6.42 Å². The molecular weight excluding hydrogens is 182 g/mol. The van der Waals surface area contributed by atoms with Gasteiger partial charge in [-0.1, -0.05) is 0 Å². The van der Waals surface area contributed by atoms with Gasteiger partial charge in [-0.25, -0.2) is 0 Å². The van der Waals surface area contributed by atoms with Crippen LogP contribution in [0, 0.1) is 5.92 Å². The fourth-order valence-corrected chi connectivity index (χ4v) is 1.54. The molecule has 0 aliphatic carbocycles. The van der Waals surface area contributed by atoms with Crippen LogP contribution in [-0.2, 0) is 9.53 Å². The van der Waals surface area contributed by atoms with Gasteiger partial charge in [0, 0.05) is 6.61 Å². The van der Waals surface area contributed by atoms with E-state index in [9.17, 15) is 4.79 Å². The van der Waals surface area contributed by atoms with Crippen molar-refractivity contribution in [3.8, 4) is 0 Å². The second-order valence-electron chi connectivity index (χ2n) is 4.50. The van der Waals surface area contributed by atoms with Crippen LogP contribution in [0.5, 0.6) is 0 Å². The van der Waals surface area contributed by atoms with Gasteiger partial charge in [-0.15, -0.1) is 0 Å². The molecule has 1 aliphatic rings. The van der Waals surface area contributed by atoms with Crippen molar-refractivity contribution < 1.29 is 14.6 Å². The minimum Gasteiger partial charge on any atom is -0.394 e. The molecule has 82 valence electrons. The van der Waals surface area contributed by atoms with Gasteiger partial charge in [-0.3, -0.25) is 4.79 Å². The van der Waals surface area contributed by atoms with Gasteiger partial charge in [-0.05, 0) is 27.2 Å². The summed E-state index contributed by atoms with van der Waals surface area (Å²) >= 11 is 0. The monoisotopic (exact) mass is 201 g/mol.